The van der Waals surface area contributed by atoms with Crippen molar-refractivity contribution in [3.05, 3.63) is 36.5 Å². The largest absolute Gasteiger partial charge is 0.457 e. The highest BCUT2D eigenvalue weighted by Crippen LogP contribution is 2.26. The number of hydrogen-bond donors (Lipinski definition) is 7. The molecule has 0 amide bonds. The SMILES string of the molecule is CCC/C=C\CCCCCCCCOCC(COC1OC(COC2OC(CO)C(O)C(O)C2O)C(O)C(O)C1O)OC(=O)CCCCCCC/C=C\C/C=C\CCCCCC. The van der Waals surface area contributed by atoms with Crippen LogP contribution >= 0.6 is 0 Å². The average Bonchev–Trinajstić information content (AvgIpc) is 3.25. The molecule has 0 saturated carbocycles. The van der Waals surface area contributed by atoms with Crippen LogP contribution in [0.4, 0.5) is 0 Å². The first-order valence-electron chi connectivity index (χ1n) is 23.6. The van der Waals surface area contributed by atoms with E-state index in [1.54, 1.807) is 0 Å². The third-order valence-electron chi connectivity index (χ3n) is 11.1. The van der Waals surface area contributed by atoms with Gasteiger partial charge in [0.2, 0.25) is 0 Å². The molecule has 0 aromatic heterocycles. The smallest absolute Gasteiger partial charge is 0.306 e. The first-order valence-corrected chi connectivity index (χ1v) is 23.6. The van der Waals surface area contributed by atoms with Gasteiger partial charge in [-0.1, -0.05) is 121 Å². The second-order valence-corrected chi connectivity index (χ2v) is 16.6. The summed E-state index contributed by atoms with van der Waals surface area (Å²) in [6, 6.07) is 0. The van der Waals surface area contributed by atoms with Crippen molar-refractivity contribution in [1.82, 2.24) is 0 Å². The van der Waals surface area contributed by atoms with Gasteiger partial charge in [-0.15, -0.1) is 0 Å². The van der Waals surface area contributed by atoms with E-state index < -0.39 is 86.7 Å². The van der Waals surface area contributed by atoms with Crippen molar-refractivity contribution in [2.45, 2.75) is 223 Å². The second kappa shape index (κ2) is 35.5. The first kappa shape index (κ1) is 55.3. The molecule has 14 heteroatoms. The lowest BCUT2D eigenvalue weighted by molar-refractivity contribution is -0.332. The molecule has 0 aliphatic carbocycles. The van der Waals surface area contributed by atoms with Crippen molar-refractivity contribution in [3.63, 3.8) is 0 Å². The van der Waals surface area contributed by atoms with Crippen molar-refractivity contribution in [2.24, 2.45) is 0 Å². The molecule has 2 saturated heterocycles. The minimum absolute atomic E-state index is 0.0513. The number of hydrogen-bond acceptors (Lipinski definition) is 14. The van der Waals surface area contributed by atoms with Crippen LogP contribution in [0.3, 0.4) is 0 Å². The molecule has 2 rings (SSSR count). The summed E-state index contributed by atoms with van der Waals surface area (Å²) in [4.78, 5) is 12.9. The van der Waals surface area contributed by atoms with E-state index in [0.717, 1.165) is 77.0 Å². The molecule has 356 valence electrons. The number of aliphatic hydroxyl groups excluding tert-OH is 7. The summed E-state index contributed by atoms with van der Waals surface area (Å²) in [6.07, 6.45) is 20.7. The molecular weight excluding hydrogens is 789 g/mol. The topological polar surface area (TPSA) is 214 Å². The number of rotatable bonds is 36. The molecule has 0 aromatic carbocycles. The standard InChI is InChI=1S/C47H84O14/c1-3-5-7-9-11-13-15-16-17-18-19-20-22-24-26-28-30-39(49)59-36(33-56-31-29-27-25-23-21-14-12-10-8-6-4-2)34-57-46-45(55)43(53)41(51)38(61-46)35-58-47-44(54)42(52)40(50)37(32-48)60-47/h8,10,13,15,17-18,36-38,40-48,50-55H,3-7,9,11-12,14,16,19-35H2,1-2H3/b10-8-,15-13-,18-17-. The number of ether oxygens (including phenoxy) is 6. The normalized spacial score (nSPS) is 27.8. The zero-order valence-corrected chi connectivity index (χ0v) is 37.4. The average molecular weight is 873 g/mol. The molecule has 0 radical (unpaired) electrons. The van der Waals surface area contributed by atoms with Gasteiger partial charge in [0.15, 0.2) is 12.6 Å². The summed E-state index contributed by atoms with van der Waals surface area (Å²) < 4.78 is 34.1. The fourth-order valence-electron chi connectivity index (χ4n) is 7.20. The zero-order valence-electron chi connectivity index (χ0n) is 37.4. The second-order valence-electron chi connectivity index (χ2n) is 16.6. The predicted octanol–water partition coefficient (Wildman–Crippen LogP) is 5.85. The Labute approximate surface area is 366 Å². The van der Waals surface area contributed by atoms with E-state index in [1.165, 1.54) is 51.4 Å². The lowest BCUT2D eigenvalue weighted by atomic mass is 9.98. The Kier molecular flexibility index (Phi) is 32.2. The fraction of sp³-hybridized carbons (Fsp3) is 0.851. The Morgan fingerprint density at radius 3 is 1.66 bits per heavy atom. The Balaban J connectivity index is 1.81. The minimum Gasteiger partial charge on any atom is -0.457 e. The highest BCUT2D eigenvalue weighted by atomic mass is 16.7. The quantitative estimate of drug-likeness (QED) is 0.0224. The van der Waals surface area contributed by atoms with E-state index in [-0.39, 0.29) is 19.6 Å². The molecule has 11 atom stereocenters. The number of aliphatic hydroxyl groups is 7. The van der Waals surface area contributed by atoms with Gasteiger partial charge in [0, 0.05) is 13.0 Å². The number of esters is 1. The fourth-order valence-corrected chi connectivity index (χ4v) is 7.20. The third-order valence-corrected chi connectivity index (χ3v) is 11.1. The van der Waals surface area contributed by atoms with Crippen molar-refractivity contribution < 1.29 is 69.0 Å². The van der Waals surface area contributed by atoms with Crippen LogP contribution in [-0.4, -0.2) is 142 Å². The lowest BCUT2D eigenvalue weighted by Crippen LogP contribution is -2.61. The molecule has 7 N–H and O–H groups in total. The van der Waals surface area contributed by atoms with E-state index in [4.69, 9.17) is 28.4 Å². The molecule has 0 spiro atoms. The van der Waals surface area contributed by atoms with E-state index in [1.807, 2.05) is 0 Å². The molecule has 14 nitrogen and oxygen atoms in total. The van der Waals surface area contributed by atoms with E-state index in [2.05, 4.69) is 50.3 Å². The monoisotopic (exact) mass is 873 g/mol. The van der Waals surface area contributed by atoms with Gasteiger partial charge in [0.25, 0.3) is 0 Å². The molecule has 0 bridgehead atoms. The summed E-state index contributed by atoms with van der Waals surface area (Å²) in [6.45, 7) is 3.56. The van der Waals surface area contributed by atoms with E-state index in [0.29, 0.717) is 13.0 Å². The van der Waals surface area contributed by atoms with Gasteiger partial charge in [-0.05, 0) is 64.2 Å². The summed E-state index contributed by atoms with van der Waals surface area (Å²) in [7, 11) is 0. The molecule has 0 aromatic rings. The van der Waals surface area contributed by atoms with Gasteiger partial charge in [0.05, 0.1) is 26.4 Å². The van der Waals surface area contributed by atoms with Crippen molar-refractivity contribution >= 4 is 5.97 Å². The summed E-state index contributed by atoms with van der Waals surface area (Å²) in [5.41, 5.74) is 0. The van der Waals surface area contributed by atoms with Crippen LogP contribution in [0, 0.1) is 0 Å². The number of carbonyl (C=O) groups is 1. The number of unbranched alkanes of at least 4 members (excludes halogenated alkanes) is 16. The Bertz CT molecular complexity index is 1150. The van der Waals surface area contributed by atoms with E-state index >= 15 is 0 Å². The van der Waals surface area contributed by atoms with Gasteiger partial charge < -0.3 is 64.2 Å². The minimum atomic E-state index is -1.71. The predicted molar refractivity (Wildman–Crippen MR) is 233 cm³/mol. The Morgan fingerprint density at radius 1 is 0.541 bits per heavy atom. The first-order chi connectivity index (χ1) is 29.6. The van der Waals surface area contributed by atoms with Crippen LogP contribution in [0.5, 0.6) is 0 Å². The summed E-state index contributed by atoms with van der Waals surface area (Å²) in [5, 5.41) is 71.9. The Morgan fingerprint density at radius 2 is 1.05 bits per heavy atom. The van der Waals surface area contributed by atoms with Gasteiger partial charge >= 0.3 is 5.97 Å². The van der Waals surface area contributed by atoms with Gasteiger partial charge in [-0.3, -0.25) is 4.79 Å². The zero-order chi connectivity index (χ0) is 44.5. The van der Waals surface area contributed by atoms with Crippen molar-refractivity contribution in [1.29, 1.82) is 0 Å². The third kappa shape index (κ3) is 24.2. The van der Waals surface area contributed by atoms with Gasteiger partial charge in [-0.25, -0.2) is 0 Å². The molecule has 2 aliphatic rings. The van der Waals surface area contributed by atoms with E-state index in [9.17, 15) is 40.5 Å². The molecule has 61 heavy (non-hydrogen) atoms. The van der Waals surface area contributed by atoms with Crippen LogP contribution < -0.4 is 0 Å². The van der Waals surface area contributed by atoms with Crippen LogP contribution in [-0.2, 0) is 33.2 Å². The van der Waals surface area contributed by atoms with Crippen molar-refractivity contribution in [3.8, 4) is 0 Å². The highest BCUT2D eigenvalue weighted by molar-refractivity contribution is 5.69. The Hall–Kier alpha value is -1.79. The molecule has 2 heterocycles. The van der Waals surface area contributed by atoms with Crippen LogP contribution in [0.15, 0.2) is 36.5 Å². The van der Waals surface area contributed by atoms with Gasteiger partial charge in [0.1, 0.15) is 54.9 Å². The number of carbonyl (C=O) groups excluding carboxylic acids is 1. The van der Waals surface area contributed by atoms with Crippen LogP contribution in [0.25, 0.3) is 0 Å². The maximum atomic E-state index is 12.9. The highest BCUT2D eigenvalue weighted by Gasteiger charge is 2.47. The molecule has 2 fully saturated rings. The summed E-state index contributed by atoms with van der Waals surface area (Å²) in [5.74, 6) is -0.394. The molecule has 2 aliphatic heterocycles. The van der Waals surface area contributed by atoms with Gasteiger partial charge in [-0.2, -0.15) is 0 Å². The van der Waals surface area contributed by atoms with Crippen molar-refractivity contribution in [2.75, 3.05) is 33.0 Å². The van der Waals surface area contributed by atoms with Crippen LogP contribution in [0.1, 0.15) is 155 Å². The molecule has 11 unspecified atom stereocenters. The number of allylic oxidation sites excluding steroid dienone is 6. The summed E-state index contributed by atoms with van der Waals surface area (Å²) >= 11 is 0. The maximum Gasteiger partial charge on any atom is 0.306 e. The lowest BCUT2D eigenvalue weighted by Gasteiger charge is -2.42. The molecular formula is C47H84O14. The maximum absolute atomic E-state index is 12.9. The van der Waals surface area contributed by atoms with Crippen LogP contribution in [0.2, 0.25) is 0 Å².